The fourth-order valence-electron chi connectivity index (χ4n) is 2.61. The molecule has 0 saturated heterocycles. The van der Waals surface area contributed by atoms with E-state index in [1.807, 2.05) is 24.3 Å². The number of fused-ring (bicyclic) bond motifs is 1. The van der Waals surface area contributed by atoms with Crippen molar-refractivity contribution in [3.05, 3.63) is 48.0 Å². The number of hydrogen-bond donors (Lipinski definition) is 1. The zero-order valence-corrected chi connectivity index (χ0v) is 13.9. The molecule has 24 heavy (non-hydrogen) atoms. The van der Waals surface area contributed by atoms with E-state index in [1.165, 1.54) is 0 Å². The molecule has 1 aliphatic rings. The Balaban J connectivity index is 1.55. The van der Waals surface area contributed by atoms with Gasteiger partial charge in [-0.3, -0.25) is 0 Å². The molecule has 0 spiro atoms. The van der Waals surface area contributed by atoms with Crippen molar-refractivity contribution in [1.82, 2.24) is 14.9 Å². The first kappa shape index (κ1) is 16.2. The lowest BCUT2D eigenvalue weighted by atomic mass is 10.1. The van der Waals surface area contributed by atoms with Crippen molar-refractivity contribution in [3.8, 4) is 5.75 Å². The molecule has 3 rings (SSSR count). The molecule has 1 aliphatic heterocycles. The zero-order valence-electron chi connectivity index (χ0n) is 13.9. The first-order chi connectivity index (χ1) is 11.8. The maximum absolute atomic E-state index is 12.4. The third-order valence-corrected chi connectivity index (χ3v) is 4.02. The van der Waals surface area contributed by atoms with Gasteiger partial charge in [-0.2, -0.15) is 0 Å². The second kappa shape index (κ2) is 7.77. The number of ether oxygens (including phenoxy) is 1. The van der Waals surface area contributed by atoms with Crippen LogP contribution in [0.3, 0.4) is 0 Å². The lowest BCUT2D eigenvalue weighted by molar-refractivity contribution is 0.206. The molecular formula is C18H22N4O2. The van der Waals surface area contributed by atoms with E-state index in [-0.39, 0.29) is 6.03 Å². The highest BCUT2D eigenvalue weighted by atomic mass is 16.5. The number of nitrogens with zero attached hydrogens (tertiary/aromatic N) is 3. The third kappa shape index (κ3) is 4.01. The van der Waals surface area contributed by atoms with Crippen molar-refractivity contribution in [3.63, 3.8) is 0 Å². The molecule has 0 aliphatic carbocycles. The molecule has 0 fully saturated rings. The monoisotopic (exact) mass is 326 g/mol. The van der Waals surface area contributed by atoms with Gasteiger partial charge in [-0.15, -0.1) is 0 Å². The smallest absolute Gasteiger partial charge is 0.322 e. The van der Waals surface area contributed by atoms with Gasteiger partial charge in [0.05, 0.1) is 18.8 Å². The van der Waals surface area contributed by atoms with Crippen LogP contribution in [-0.4, -0.2) is 34.1 Å². The van der Waals surface area contributed by atoms with Crippen molar-refractivity contribution >= 4 is 11.7 Å². The molecule has 0 bridgehead atoms. The van der Waals surface area contributed by atoms with Crippen molar-refractivity contribution in [2.24, 2.45) is 0 Å². The molecule has 2 amide bonds. The van der Waals surface area contributed by atoms with Crippen LogP contribution in [0, 0.1) is 0 Å². The van der Waals surface area contributed by atoms with Crippen molar-refractivity contribution in [2.75, 3.05) is 18.5 Å². The Hall–Kier alpha value is -2.63. The molecule has 0 atom stereocenters. The number of aromatic nitrogens is 2. The SMILES string of the molecule is CCCCOc1ccc(NC(=O)N2CCc3ncncc3C2)cc1. The van der Waals surface area contributed by atoms with E-state index >= 15 is 0 Å². The number of anilines is 1. The van der Waals surface area contributed by atoms with Gasteiger partial charge in [0.25, 0.3) is 0 Å². The van der Waals surface area contributed by atoms with E-state index in [9.17, 15) is 4.79 Å². The maximum atomic E-state index is 12.4. The van der Waals surface area contributed by atoms with Gasteiger partial charge in [0, 0.05) is 30.4 Å². The topological polar surface area (TPSA) is 67.3 Å². The quantitative estimate of drug-likeness (QED) is 0.857. The summed E-state index contributed by atoms with van der Waals surface area (Å²) in [6.45, 7) is 4.05. The van der Waals surface area contributed by atoms with E-state index in [1.54, 1.807) is 17.4 Å². The summed E-state index contributed by atoms with van der Waals surface area (Å²) in [6.07, 6.45) is 6.25. The summed E-state index contributed by atoms with van der Waals surface area (Å²) in [4.78, 5) is 22.5. The summed E-state index contributed by atoms with van der Waals surface area (Å²) in [6, 6.07) is 7.37. The molecule has 0 unspecified atom stereocenters. The highest BCUT2D eigenvalue weighted by molar-refractivity contribution is 5.89. The van der Waals surface area contributed by atoms with Gasteiger partial charge in [-0.1, -0.05) is 13.3 Å². The number of carbonyl (C=O) groups is 1. The Morgan fingerprint density at radius 1 is 1.33 bits per heavy atom. The van der Waals surface area contributed by atoms with E-state index in [2.05, 4.69) is 22.2 Å². The molecule has 1 aromatic carbocycles. The first-order valence-corrected chi connectivity index (χ1v) is 8.33. The largest absolute Gasteiger partial charge is 0.494 e. The predicted molar refractivity (Wildman–Crippen MR) is 92.0 cm³/mol. The number of amides is 2. The second-order valence-corrected chi connectivity index (χ2v) is 5.82. The molecule has 6 heteroatoms. The molecule has 0 saturated carbocycles. The Morgan fingerprint density at radius 2 is 2.17 bits per heavy atom. The van der Waals surface area contributed by atoms with Gasteiger partial charge in [-0.05, 0) is 30.7 Å². The van der Waals surface area contributed by atoms with Crippen LogP contribution >= 0.6 is 0 Å². The first-order valence-electron chi connectivity index (χ1n) is 8.33. The lowest BCUT2D eigenvalue weighted by Crippen LogP contribution is -2.39. The average Bonchev–Trinajstić information content (AvgIpc) is 2.63. The van der Waals surface area contributed by atoms with Gasteiger partial charge >= 0.3 is 6.03 Å². The standard InChI is InChI=1S/C18H22N4O2/c1-2-3-10-24-16-6-4-15(5-7-16)21-18(23)22-9-8-17-14(12-22)11-19-13-20-17/h4-7,11,13H,2-3,8-10,12H2,1H3,(H,21,23). The summed E-state index contributed by atoms with van der Waals surface area (Å²) in [5.41, 5.74) is 2.80. The van der Waals surface area contributed by atoms with Crippen LogP contribution in [0.15, 0.2) is 36.8 Å². The van der Waals surface area contributed by atoms with Crippen LogP contribution in [0.25, 0.3) is 0 Å². The van der Waals surface area contributed by atoms with Crippen molar-refractivity contribution in [2.45, 2.75) is 32.7 Å². The highest BCUT2D eigenvalue weighted by Gasteiger charge is 2.21. The van der Waals surface area contributed by atoms with Gasteiger partial charge in [0.15, 0.2) is 0 Å². The Kier molecular flexibility index (Phi) is 5.25. The molecule has 6 nitrogen and oxygen atoms in total. The normalized spacial score (nSPS) is 13.3. The molecule has 0 radical (unpaired) electrons. The molecule has 1 N–H and O–H groups in total. The number of carbonyl (C=O) groups excluding carboxylic acids is 1. The zero-order chi connectivity index (χ0) is 16.8. The van der Waals surface area contributed by atoms with Gasteiger partial charge < -0.3 is 15.0 Å². The van der Waals surface area contributed by atoms with Crippen LogP contribution < -0.4 is 10.1 Å². The van der Waals surface area contributed by atoms with Gasteiger partial charge in [0.1, 0.15) is 12.1 Å². The summed E-state index contributed by atoms with van der Waals surface area (Å²) in [7, 11) is 0. The minimum Gasteiger partial charge on any atom is -0.494 e. The van der Waals surface area contributed by atoms with E-state index in [4.69, 9.17) is 4.74 Å². The molecule has 126 valence electrons. The van der Waals surface area contributed by atoms with Crippen LogP contribution in [-0.2, 0) is 13.0 Å². The Labute approximate surface area is 141 Å². The van der Waals surface area contributed by atoms with Crippen LogP contribution in [0.4, 0.5) is 10.5 Å². The summed E-state index contributed by atoms with van der Waals surface area (Å²) in [5, 5.41) is 2.93. The Morgan fingerprint density at radius 3 is 2.96 bits per heavy atom. The van der Waals surface area contributed by atoms with Gasteiger partial charge in [-0.25, -0.2) is 14.8 Å². The summed E-state index contributed by atoms with van der Waals surface area (Å²) >= 11 is 0. The highest BCUT2D eigenvalue weighted by Crippen LogP contribution is 2.19. The lowest BCUT2D eigenvalue weighted by Gasteiger charge is -2.27. The number of benzene rings is 1. The third-order valence-electron chi connectivity index (χ3n) is 4.02. The minimum absolute atomic E-state index is 0.107. The summed E-state index contributed by atoms with van der Waals surface area (Å²) < 4.78 is 5.62. The number of unbranched alkanes of at least 4 members (excludes halogenated alkanes) is 1. The number of hydrogen-bond acceptors (Lipinski definition) is 4. The average molecular weight is 326 g/mol. The van der Waals surface area contributed by atoms with E-state index in [0.29, 0.717) is 13.1 Å². The molecular weight excluding hydrogens is 304 g/mol. The fourth-order valence-corrected chi connectivity index (χ4v) is 2.61. The van der Waals surface area contributed by atoms with Crippen LogP contribution in [0.1, 0.15) is 31.0 Å². The van der Waals surface area contributed by atoms with Crippen molar-refractivity contribution < 1.29 is 9.53 Å². The maximum Gasteiger partial charge on any atom is 0.322 e. The van der Waals surface area contributed by atoms with Gasteiger partial charge in [0.2, 0.25) is 0 Å². The van der Waals surface area contributed by atoms with Crippen LogP contribution in [0.2, 0.25) is 0 Å². The van der Waals surface area contributed by atoms with Crippen molar-refractivity contribution in [1.29, 1.82) is 0 Å². The summed E-state index contributed by atoms with van der Waals surface area (Å²) in [5.74, 6) is 0.825. The minimum atomic E-state index is -0.107. The molecule has 1 aromatic heterocycles. The number of rotatable bonds is 5. The second-order valence-electron chi connectivity index (χ2n) is 5.82. The molecule has 2 heterocycles. The molecule has 2 aromatic rings. The number of nitrogens with one attached hydrogen (secondary N) is 1. The van der Waals surface area contributed by atoms with E-state index in [0.717, 1.165) is 48.6 Å². The predicted octanol–water partition coefficient (Wildman–Crippen LogP) is 3.25. The number of urea groups is 1. The fraction of sp³-hybridized carbons (Fsp3) is 0.389. The Bertz CT molecular complexity index is 688. The van der Waals surface area contributed by atoms with Crippen LogP contribution in [0.5, 0.6) is 5.75 Å². The van der Waals surface area contributed by atoms with E-state index < -0.39 is 0 Å².